The Bertz CT molecular complexity index is 731. The maximum absolute atomic E-state index is 5.58. The van der Waals surface area contributed by atoms with Crippen molar-refractivity contribution < 1.29 is 9.47 Å². The van der Waals surface area contributed by atoms with E-state index in [4.69, 9.17) is 9.47 Å². The van der Waals surface area contributed by atoms with E-state index < -0.39 is 0 Å². The maximum Gasteiger partial charge on any atom is 0.205 e. The number of thiazole rings is 1. The summed E-state index contributed by atoms with van der Waals surface area (Å²) >= 11 is 1.60. The Labute approximate surface area is 127 Å². The molecule has 3 rings (SSSR count). The minimum absolute atomic E-state index is 0.589. The Morgan fingerprint density at radius 1 is 1.29 bits per heavy atom. The Kier molecular flexibility index (Phi) is 4.06. The highest BCUT2D eigenvalue weighted by molar-refractivity contribution is 7.07. The zero-order chi connectivity index (χ0) is 14.7. The zero-order valence-electron chi connectivity index (χ0n) is 12.1. The number of rotatable bonds is 3. The fourth-order valence-electron chi connectivity index (χ4n) is 2.03. The van der Waals surface area contributed by atoms with Crippen molar-refractivity contribution in [3.05, 3.63) is 39.6 Å². The van der Waals surface area contributed by atoms with Crippen LogP contribution in [-0.2, 0) is 0 Å². The zero-order valence-corrected chi connectivity index (χ0v) is 12.9. The van der Waals surface area contributed by atoms with Crippen LogP contribution in [0.2, 0.25) is 0 Å². The predicted molar refractivity (Wildman–Crippen MR) is 83.6 cm³/mol. The number of fused-ring (bicyclic) bond motifs is 1. The molecule has 0 bridgehead atoms. The van der Waals surface area contributed by atoms with Gasteiger partial charge in [-0.2, -0.15) is 5.10 Å². The first kappa shape index (κ1) is 13.9. The fourth-order valence-corrected chi connectivity index (χ4v) is 2.90. The molecule has 2 heterocycles. The van der Waals surface area contributed by atoms with Crippen LogP contribution in [-0.4, -0.2) is 30.6 Å². The van der Waals surface area contributed by atoms with Crippen molar-refractivity contribution in [2.45, 2.75) is 13.8 Å². The lowest BCUT2D eigenvalue weighted by Crippen LogP contribution is -2.15. The number of ether oxygens (including phenoxy) is 2. The van der Waals surface area contributed by atoms with Crippen LogP contribution in [0.1, 0.15) is 18.2 Å². The number of benzene rings is 1. The highest BCUT2D eigenvalue weighted by Gasteiger charge is 2.10. The van der Waals surface area contributed by atoms with E-state index in [1.165, 1.54) is 0 Å². The summed E-state index contributed by atoms with van der Waals surface area (Å²) in [5.74, 6) is 1.56. The smallest absolute Gasteiger partial charge is 0.205 e. The summed E-state index contributed by atoms with van der Waals surface area (Å²) in [7, 11) is 0. The maximum atomic E-state index is 5.58. The minimum Gasteiger partial charge on any atom is -0.486 e. The second-order valence-corrected chi connectivity index (χ2v) is 5.43. The summed E-state index contributed by atoms with van der Waals surface area (Å²) in [5.41, 5.74) is 2.04. The molecule has 1 aromatic heterocycles. The molecule has 21 heavy (non-hydrogen) atoms. The number of hydrogen-bond acceptors (Lipinski definition) is 5. The number of nitrogens with zero attached hydrogens (tertiary/aromatic N) is 3. The van der Waals surface area contributed by atoms with Gasteiger partial charge in [0, 0.05) is 11.9 Å². The van der Waals surface area contributed by atoms with Gasteiger partial charge in [0.25, 0.3) is 0 Å². The lowest BCUT2D eigenvalue weighted by molar-refractivity contribution is 0.171. The van der Waals surface area contributed by atoms with E-state index in [-0.39, 0.29) is 0 Å². The van der Waals surface area contributed by atoms with Crippen molar-refractivity contribution in [3.8, 4) is 11.5 Å². The van der Waals surface area contributed by atoms with E-state index in [0.717, 1.165) is 34.1 Å². The van der Waals surface area contributed by atoms with E-state index in [0.29, 0.717) is 13.2 Å². The van der Waals surface area contributed by atoms with Gasteiger partial charge in [-0.05, 0) is 37.6 Å². The van der Waals surface area contributed by atoms with E-state index in [1.54, 1.807) is 11.3 Å². The quantitative estimate of drug-likeness (QED) is 0.818. The van der Waals surface area contributed by atoms with Crippen LogP contribution < -0.4 is 14.3 Å². The van der Waals surface area contributed by atoms with Crippen LogP contribution >= 0.6 is 11.3 Å². The van der Waals surface area contributed by atoms with Crippen molar-refractivity contribution in [3.63, 3.8) is 0 Å². The van der Waals surface area contributed by atoms with Crippen LogP contribution in [0.5, 0.6) is 11.5 Å². The molecule has 2 aromatic rings. The third-order valence-electron chi connectivity index (χ3n) is 3.03. The number of aryl methyl sites for hydroxylation is 1. The van der Waals surface area contributed by atoms with Crippen LogP contribution in [0.15, 0.2) is 33.7 Å². The molecule has 0 amide bonds. The Morgan fingerprint density at radius 2 is 2.10 bits per heavy atom. The second kappa shape index (κ2) is 6.13. The molecule has 0 N–H and O–H groups in total. The van der Waals surface area contributed by atoms with Gasteiger partial charge >= 0.3 is 0 Å². The third kappa shape index (κ3) is 3.00. The predicted octanol–water partition coefficient (Wildman–Crippen LogP) is 2.43. The molecule has 0 spiro atoms. The summed E-state index contributed by atoms with van der Waals surface area (Å²) in [6, 6.07) is 5.82. The fraction of sp³-hybridized carbons (Fsp3) is 0.333. The lowest BCUT2D eigenvalue weighted by atomic mass is 10.2. The monoisotopic (exact) mass is 303 g/mol. The molecule has 0 fully saturated rings. The molecule has 0 aliphatic carbocycles. The van der Waals surface area contributed by atoms with Gasteiger partial charge in [0.05, 0.1) is 11.9 Å². The molecule has 1 aliphatic heterocycles. The van der Waals surface area contributed by atoms with Crippen molar-refractivity contribution in [2.75, 3.05) is 19.8 Å². The highest BCUT2D eigenvalue weighted by atomic mass is 32.1. The van der Waals surface area contributed by atoms with E-state index in [1.807, 2.05) is 42.9 Å². The van der Waals surface area contributed by atoms with Crippen molar-refractivity contribution >= 4 is 17.6 Å². The van der Waals surface area contributed by atoms with Gasteiger partial charge in [0.1, 0.15) is 13.2 Å². The molecule has 0 saturated heterocycles. The van der Waals surface area contributed by atoms with Crippen LogP contribution in [0.25, 0.3) is 0 Å². The highest BCUT2D eigenvalue weighted by Crippen LogP contribution is 2.30. The average molecular weight is 303 g/mol. The van der Waals surface area contributed by atoms with Crippen LogP contribution in [0, 0.1) is 6.92 Å². The molecule has 5 nitrogen and oxygen atoms in total. The van der Waals surface area contributed by atoms with Crippen molar-refractivity contribution in [2.24, 2.45) is 10.1 Å². The Hall–Kier alpha value is -2.08. The molecule has 110 valence electrons. The van der Waals surface area contributed by atoms with Gasteiger partial charge in [0.2, 0.25) is 4.80 Å². The van der Waals surface area contributed by atoms with Gasteiger partial charge in [-0.1, -0.05) is 0 Å². The number of aromatic nitrogens is 1. The molecule has 0 unspecified atom stereocenters. The van der Waals surface area contributed by atoms with Gasteiger partial charge in [-0.25, -0.2) is 4.68 Å². The summed E-state index contributed by atoms with van der Waals surface area (Å²) < 4.78 is 12.9. The van der Waals surface area contributed by atoms with Gasteiger partial charge in [-0.3, -0.25) is 4.99 Å². The van der Waals surface area contributed by atoms with Crippen LogP contribution in [0.3, 0.4) is 0 Å². The second-order valence-electron chi connectivity index (χ2n) is 4.59. The van der Waals surface area contributed by atoms with Gasteiger partial charge in [-0.15, -0.1) is 11.3 Å². The molecule has 0 saturated carbocycles. The van der Waals surface area contributed by atoms with Gasteiger partial charge < -0.3 is 9.47 Å². The molecule has 1 aromatic carbocycles. The Morgan fingerprint density at radius 3 is 2.90 bits per heavy atom. The topological polar surface area (TPSA) is 48.1 Å². The molecule has 6 heteroatoms. The van der Waals surface area contributed by atoms with E-state index >= 15 is 0 Å². The standard InChI is InChI=1S/C15H17N3O2S/c1-3-16-15-18(11(2)10-21-15)17-9-12-4-5-13-14(8-12)20-7-6-19-13/h4-5,8-10H,3,6-7H2,1-2H3. The third-order valence-corrected chi connectivity index (χ3v) is 4.00. The minimum atomic E-state index is 0.589. The Balaban J connectivity index is 1.90. The largest absolute Gasteiger partial charge is 0.486 e. The van der Waals surface area contributed by atoms with Crippen molar-refractivity contribution in [1.82, 2.24) is 4.68 Å². The molecular weight excluding hydrogens is 286 g/mol. The first-order valence-corrected chi connectivity index (χ1v) is 7.77. The van der Waals surface area contributed by atoms with Crippen molar-refractivity contribution in [1.29, 1.82) is 0 Å². The molecule has 1 aliphatic rings. The lowest BCUT2D eigenvalue weighted by Gasteiger charge is -2.18. The first-order chi connectivity index (χ1) is 10.3. The summed E-state index contributed by atoms with van der Waals surface area (Å²) in [4.78, 5) is 5.34. The summed E-state index contributed by atoms with van der Waals surface area (Å²) in [6.45, 7) is 5.98. The normalized spacial score (nSPS) is 14.9. The molecular formula is C15H17N3O2S. The van der Waals surface area contributed by atoms with E-state index in [2.05, 4.69) is 15.5 Å². The average Bonchev–Trinajstić information content (AvgIpc) is 2.86. The SMILES string of the molecule is CCN=c1scc(C)n1N=Cc1ccc2c(c1)OCCO2. The number of hydrogen-bond donors (Lipinski definition) is 0. The van der Waals surface area contributed by atoms with E-state index in [9.17, 15) is 0 Å². The summed E-state index contributed by atoms with van der Waals surface area (Å²) in [5, 5.41) is 6.57. The molecule has 0 atom stereocenters. The van der Waals surface area contributed by atoms with Gasteiger partial charge in [0.15, 0.2) is 11.5 Å². The molecule has 0 radical (unpaired) electrons. The van der Waals surface area contributed by atoms with Crippen LogP contribution in [0.4, 0.5) is 0 Å². The summed E-state index contributed by atoms with van der Waals surface area (Å²) in [6.07, 6.45) is 1.81. The first-order valence-electron chi connectivity index (χ1n) is 6.89.